The number of carbonyl (C=O) groups is 1. The van der Waals surface area contributed by atoms with Gasteiger partial charge in [-0.25, -0.2) is 0 Å². The van der Waals surface area contributed by atoms with Crippen molar-refractivity contribution in [1.82, 2.24) is 4.98 Å². The third-order valence-corrected chi connectivity index (χ3v) is 3.00. The van der Waals surface area contributed by atoms with Crippen LogP contribution in [0.25, 0.3) is 0 Å². The molecular weight excluding hydrogens is 174 g/mol. The summed E-state index contributed by atoms with van der Waals surface area (Å²) in [7, 11) is 0. The molecule has 0 aromatic carbocycles. The highest BCUT2D eigenvalue weighted by atomic mass is 16.1. The summed E-state index contributed by atoms with van der Waals surface area (Å²) in [6.07, 6.45) is 5.09. The van der Waals surface area contributed by atoms with Gasteiger partial charge >= 0.3 is 0 Å². The van der Waals surface area contributed by atoms with Gasteiger partial charge in [-0.3, -0.25) is 9.78 Å². The number of rotatable bonds is 3. The fourth-order valence-corrected chi connectivity index (χ4v) is 1.84. The molecule has 1 unspecified atom stereocenters. The number of Topliss-reactive ketones (excluding diaryl/α,β-unsaturated/α-hetero) is 1. The summed E-state index contributed by atoms with van der Waals surface area (Å²) in [6.45, 7) is 4.30. The molecule has 1 atom stereocenters. The van der Waals surface area contributed by atoms with Crippen molar-refractivity contribution in [3.05, 3.63) is 30.1 Å². The molecule has 0 radical (unpaired) electrons. The standard InChI is InChI=1S/C12H15NO/c1-12(2)7-10(12)11(14)6-9-4-3-5-13-8-9/h3-5,8,10H,6-7H2,1-2H3. The Morgan fingerprint density at radius 1 is 1.64 bits per heavy atom. The van der Waals surface area contributed by atoms with E-state index in [1.165, 1.54) is 0 Å². The van der Waals surface area contributed by atoms with E-state index in [1.807, 2.05) is 12.1 Å². The van der Waals surface area contributed by atoms with Crippen molar-refractivity contribution in [3.63, 3.8) is 0 Å². The highest BCUT2D eigenvalue weighted by Gasteiger charge is 2.49. The minimum Gasteiger partial charge on any atom is -0.299 e. The minimum absolute atomic E-state index is 0.249. The van der Waals surface area contributed by atoms with Crippen LogP contribution in [-0.4, -0.2) is 10.8 Å². The molecule has 14 heavy (non-hydrogen) atoms. The van der Waals surface area contributed by atoms with Gasteiger partial charge in [0.2, 0.25) is 0 Å². The number of hydrogen-bond acceptors (Lipinski definition) is 2. The highest BCUT2D eigenvalue weighted by molar-refractivity contribution is 5.86. The Bertz CT molecular complexity index is 343. The van der Waals surface area contributed by atoms with Gasteiger partial charge in [-0.1, -0.05) is 19.9 Å². The molecule has 2 heteroatoms. The Balaban J connectivity index is 1.97. The Morgan fingerprint density at radius 2 is 2.36 bits per heavy atom. The molecule has 0 amide bonds. The summed E-state index contributed by atoms with van der Waals surface area (Å²) < 4.78 is 0. The molecule has 0 N–H and O–H groups in total. The van der Waals surface area contributed by atoms with Gasteiger partial charge in [-0.15, -0.1) is 0 Å². The molecule has 1 aliphatic rings. The van der Waals surface area contributed by atoms with Crippen molar-refractivity contribution in [2.24, 2.45) is 11.3 Å². The van der Waals surface area contributed by atoms with E-state index in [0.717, 1.165) is 12.0 Å². The van der Waals surface area contributed by atoms with Gasteiger partial charge in [-0.2, -0.15) is 0 Å². The van der Waals surface area contributed by atoms with E-state index in [0.29, 0.717) is 12.2 Å². The zero-order valence-corrected chi connectivity index (χ0v) is 8.66. The first kappa shape index (κ1) is 9.38. The van der Waals surface area contributed by atoms with E-state index in [1.54, 1.807) is 12.4 Å². The molecule has 1 aromatic rings. The lowest BCUT2D eigenvalue weighted by Crippen LogP contribution is -2.09. The minimum atomic E-state index is 0.249. The van der Waals surface area contributed by atoms with Crippen LogP contribution in [0.4, 0.5) is 0 Å². The second kappa shape index (κ2) is 3.19. The van der Waals surface area contributed by atoms with Crippen LogP contribution < -0.4 is 0 Å². The lowest BCUT2D eigenvalue weighted by Gasteiger charge is -2.02. The predicted octanol–water partition coefficient (Wildman–Crippen LogP) is 2.24. The molecular formula is C12H15NO. The first-order valence-electron chi connectivity index (χ1n) is 5.01. The average Bonchev–Trinajstić information content (AvgIpc) is 2.77. The third-order valence-electron chi connectivity index (χ3n) is 3.00. The van der Waals surface area contributed by atoms with E-state index in [4.69, 9.17) is 0 Å². The van der Waals surface area contributed by atoms with Crippen molar-refractivity contribution < 1.29 is 4.79 Å². The lowest BCUT2D eigenvalue weighted by molar-refractivity contribution is -0.120. The third kappa shape index (κ3) is 1.84. The normalized spacial score (nSPS) is 23.1. The van der Waals surface area contributed by atoms with Gasteiger partial charge in [0.05, 0.1) is 0 Å². The Kier molecular flexibility index (Phi) is 2.14. The first-order chi connectivity index (χ1) is 6.59. The fraction of sp³-hybridized carbons (Fsp3) is 0.500. The second-order valence-corrected chi connectivity index (χ2v) is 4.75. The van der Waals surface area contributed by atoms with E-state index in [2.05, 4.69) is 18.8 Å². The highest BCUT2D eigenvalue weighted by Crippen LogP contribution is 2.52. The molecule has 1 saturated carbocycles. The summed E-state index contributed by atoms with van der Waals surface area (Å²) in [5.74, 6) is 0.644. The van der Waals surface area contributed by atoms with E-state index >= 15 is 0 Å². The van der Waals surface area contributed by atoms with Crippen LogP contribution in [0.2, 0.25) is 0 Å². The molecule has 2 nitrogen and oxygen atoms in total. The van der Waals surface area contributed by atoms with Crippen molar-refractivity contribution in [1.29, 1.82) is 0 Å². The molecule has 0 saturated heterocycles. The number of pyridine rings is 1. The van der Waals surface area contributed by atoms with Gasteiger partial charge in [0.1, 0.15) is 5.78 Å². The summed E-state index contributed by atoms with van der Waals surface area (Å²) in [4.78, 5) is 15.8. The number of aromatic nitrogens is 1. The molecule has 2 rings (SSSR count). The summed E-state index contributed by atoms with van der Waals surface area (Å²) in [6, 6.07) is 3.83. The van der Waals surface area contributed by atoms with Crippen molar-refractivity contribution in [2.45, 2.75) is 26.7 Å². The Labute approximate surface area is 84.4 Å². The number of hydrogen-bond donors (Lipinski definition) is 0. The van der Waals surface area contributed by atoms with Crippen LogP contribution in [0.3, 0.4) is 0 Å². The summed E-state index contributed by atoms with van der Waals surface area (Å²) >= 11 is 0. The van der Waals surface area contributed by atoms with Gasteiger partial charge in [0.15, 0.2) is 0 Å². The summed E-state index contributed by atoms with van der Waals surface area (Å²) in [5.41, 5.74) is 1.28. The summed E-state index contributed by atoms with van der Waals surface area (Å²) in [5, 5.41) is 0. The van der Waals surface area contributed by atoms with Crippen LogP contribution in [0, 0.1) is 11.3 Å². The molecule has 1 aromatic heterocycles. The molecule has 0 spiro atoms. The lowest BCUT2D eigenvalue weighted by atomic mass is 10.0. The van der Waals surface area contributed by atoms with Crippen LogP contribution in [0.5, 0.6) is 0 Å². The maximum Gasteiger partial charge on any atom is 0.140 e. The Hall–Kier alpha value is -1.18. The monoisotopic (exact) mass is 189 g/mol. The van der Waals surface area contributed by atoms with Crippen molar-refractivity contribution >= 4 is 5.78 Å². The van der Waals surface area contributed by atoms with Crippen LogP contribution >= 0.6 is 0 Å². The van der Waals surface area contributed by atoms with Gasteiger partial charge < -0.3 is 0 Å². The molecule has 1 fully saturated rings. The molecule has 1 aliphatic carbocycles. The second-order valence-electron chi connectivity index (χ2n) is 4.75. The predicted molar refractivity (Wildman–Crippen MR) is 54.8 cm³/mol. The van der Waals surface area contributed by atoms with E-state index < -0.39 is 0 Å². The SMILES string of the molecule is CC1(C)CC1C(=O)Cc1cccnc1. The quantitative estimate of drug-likeness (QED) is 0.730. The van der Waals surface area contributed by atoms with Gasteiger partial charge in [-0.05, 0) is 23.5 Å². The van der Waals surface area contributed by atoms with E-state index in [9.17, 15) is 4.79 Å². The number of carbonyl (C=O) groups excluding carboxylic acids is 1. The zero-order chi connectivity index (χ0) is 10.2. The van der Waals surface area contributed by atoms with Crippen LogP contribution in [-0.2, 0) is 11.2 Å². The van der Waals surface area contributed by atoms with Crippen LogP contribution in [0.1, 0.15) is 25.8 Å². The maximum atomic E-state index is 11.8. The molecule has 1 heterocycles. The molecule has 74 valence electrons. The van der Waals surface area contributed by atoms with E-state index in [-0.39, 0.29) is 11.3 Å². The maximum absolute atomic E-state index is 11.8. The topological polar surface area (TPSA) is 30.0 Å². The molecule has 0 aliphatic heterocycles. The van der Waals surface area contributed by atoms with Crippen molar-refractivity contribution in [2.75, 3.05) is 0 Å². The van der Waals surface area contributed by atoms with Gasteiger partial charge in [0.25, 0.3) is 0 Å². The van der Waals surface area contributed by atoms with Gasteiger partial charge in [0, 0.05) is 24.7 Å². The number of ketones is 1. The fourth-order valence-electron chi connectivity index (χ4n) is 1.84. The average molecular weight is 189 g/mol. The smallest absolute Gasteiger partial charge is 0.140 e. The largest absolute Gasteiger partial charge is 0.299 e. The zero-order valence-electron chi connectivity index (χ0n) is 8.66. The van der Waals surface area contributed by atoms with Crippen LogP contribution in [0.15, 0.2) is 24.5 Å². The first-order valence-corrected chi connectivity index (χ1v) is 5.01. The molecule has 0 bridgehead atoms. The van der Waals surface area contributed by atoms with Crippen molar-refractivity contribution in [3.8, 4) is 0 Å². The number of nitrogens with zero attached hydrogens (tertiary/aromatic N) is 1. The Morgan fingerprint density at radius 3 is 2.86 bits per heavy atom.